The molecule has 1 aliphatic rings. The number of aliphatic imine (C=N–C) groups is 1. The molecule has 0 spiro atoms. The van der Waals surface area contributed by atoms with Gasteiger partial charge in [-0.05, 0) is 66.7 Å². The van der Waals surface area contributed by atoms with Crippen LogP contribution in [0.5, 0.6) is 5.75 Å². The van der Waals surface area contributed by atoms with E-state index in [9.17, 15) is 4.79 Å². The van der Waals surface area contributed by atoms with Crippen molar-refractivity contribution in [3.05, 3.63) is 94.4 Å². The Kier molecular flexibility index (Phi) is 6.21. The van der Waals surface area contributed by atoms with E-state index in [1.165, 1.54) is 11.8 Å². The first kappa shape index (κ1) is 20.3. The van der Waals surface area contributed by atoms with Gasteiger partial charge in [-0.25, -0.2) is 4.99 Å². The van der Waals surface area contributed by atoms with Gasteiger partial charge in [-0.1, -0.05) is 54.1 Å². The van der Waals surface area contributed by atoms with Crippen molar-refractivity contribution in [2.24, 2.45) is 4.99 Å². The molecule has 1 fully saturated rings. The Morgan fingerprint density at radius 1 is 1.03 bits per heavy atom. The Morgan fingerprint density at radius 2 is 1.73 bits per heavy atom. The Labute approximate surface area is 184 Å². The fourth-order valence-corrected chi connectivity index (χ4v) is 4.24. The minimum Gasteiger partial charge on any atom is -0.492 e. The van der Waals surface area contributed by atoms with Crippen LogP contribution < -0.4 is 9.64 Å². The summed E-state index contributed by atoms with van der Waals surface area (Å²) in [6.45, 7) is 2.45. The predicted molar refractivity (Wildman–Crippen MR) is 126 cm³/mol. The number of anilines is 1. The number of rotatable bonds is 5. The molecule has 150 valence electrons. The molecule has 0 radical (unpaired) electrons. The summed E-state index contributed by atoms with van der Waals surface area (Å²) >= 11 is 7.66. The molecular weight excluding hydrogens is 416 g/mol. The van der Waals surface area contributed by atoms with E-state index in [1.807, 2.05) is 85.8 Å². The van der Waals surface area contributed by atoms with Crippen molar-refractivity contribution in [3.8, 4) is 5.75 Å². The molecule has 1 saturated heterocycles. The van der Waals surface area contributed by atoms with Crippen molar-refractivity contribution in [2.75, 3.05) is 11.5 Å². The highest BCUT2D eigenvalue weighted by molar-refractivity contribution is 8.19. The topological polar surface area (TPSA) is 41.9 Å². The molecule has 1 amide bonds. The largest absolute Gasteiger partial charge is 0.492 e. The van der Waals surface area contributed by atoms with Gasteiger partial charge >= 0.3 is 0 Å². The summed E-state index contributed by atoms with van der Waals surface area (Å²) < 4.78 is 5.49. The number of amidine groups is 1. The molecule has 0 atom stereocenters. The van der Waals surface area contributed by atoms with Gasteiger partial charge < -0.3 is 4.74 Å². The lowest BCUT2D eigenvalue weighted by molar-refractivity contribution is -0.113. The lowest BCUT2D eigenvalue weighted by atomic mass is 10.2. The number of thioether (sulfide) groups is 1. The summed E-state index contributed by atoms with van der Waals surface area (Å²) in [6.07, 6.45) is 1.83. The van der Waals surface area contributed by atoms with E-state index in [1.54, 1.807) is 11.0 Å². The van der Waals surface area contributed by atoms with Crippen molar-refractivity contribution in [2.45, 2.75) is 6.92 Å². The monoisotopic (exact) mass is 434 g/mol. The SMILES string of the molecule is CCOc1ccc(/C=C2\SC(=Nc3ccccc3)N(c3ccccc3)C2=O)cc1Cl. The number of benzene rings is 3. The number of hydrogen-bond donors (Lipinski definition) is 0. The third-order valence-electron chi connectivity index (χ3n) is 4.36. The highest BCUT2D eigenvalue weighted by atomic mass is 35.5. The number of para-hydroxylation sites is 2. The number of carbonyl (C=O) groups excluding carboxylic acids is 1. The second-order valence-electron chi connectivity index (χ2n) is 6.44. The van der Waals surface area contributed by atoms with Crippen LogP contribution >= 0.6 is 23.4 Å². The number of ether oxygens (including phenoxy) is 1. The summed E-state index contributed by atoms with van der Waals surface area (Å²) in [6, 6.07) is 24.6. The molecule has 0 bridgehead atoms. The number of nitrogens with zero attached hydrogens (tertiary/aromatic N) is 2. The van der Waals surface area contributed by atoms with Gasteiger partial charge in [0.25, 0.3) is 5.91 Å². The molecular formula is C24H19ClN2O2S. The van der Waals surface area contributed by atoms with Crippen molar-refractivity contribution in [1.29, 1.82) is 0 Å². The van der Waals surface area contributed by atoms with Crippen LogP contribution in [0.15, 0.2) is 88.8 Å². The molecule has 1 heterocycles. The Bertz CT molecular complexity index is 1110. The average Bonchev–Trinajstić information content (AvgIpc) is 3.06. The van der Waals surface area contributed by atoms with Crippen molar-refractivity contribution in [1.82, 2.24) is 0 Å². The molecule has 30 heavy (non-hydrogen) atoms. The molecule has 0 aliphatic carbocycles. The van der Waals surface area contributed by atoms with Gasteiger partial charge in [0, 0.05) is 0 Å². The second kappa shape index (κ2) is 9.20. The summed E-state index contributed by atoms with van der Waals surface area (Å²) in [7, 11) is 0. The number of carbonyl (C=O) groups is 1. The fraction of sp³-hybridized carbons (Fsp3) is 0.0833. The Hall–Kier alpha value is -3.02. The molecule has 0 aromatic heterocycles. The zero-order valence-electron chi connectivity index (χ0n) is 16.3. The minimum atomic E-state index is -0.120. The lowest BCUT2D eigenvalue weighted by Crippen LogP contribution is -2.28. The van der Waals surface area contributed by atoms with Gasteiger partial charge in [0.15, 0.2) is 5.17 Å². The van der Waals surface area contributed by atoms with E-state index < -0.39 is 0 Å². The molecule has 0 N–H and O–H groups in total. The smallest absolute Gasteiger partial charge is 0.271 e. The fourth-order valence-electron chi connectivity index (χ4n) is 3.00. The van der Waals surface area contributed by atoms with Crippen LogP contribution in [0.4, 0.5) is 11.4 Å². The predicted octanol–water partition coefficient (Wildman–Crippen LogP) is 6.55. The van der Waals surface area contributed by atoms with Crippen molar-refractivity contribution < 1.29 is 9.53 Å². The molecule has 4 nitrogen and oxygen atoms in total. The maximum Gasteiger partial charge on any atom is 0.271 e. The van der Waals surface area contributed by atoms with Gasteiger partial charge in [-0.15, -0.1) is 0 Å². The van der Waals surface area contributed by atoms with Gasteiger partial charge in [0.2, 0.25) is 0 Å². The zero-order chi connectivity index (χ0) is 20.9. The highest BCUT2D eigenvalue weighted by Gasteiger charge is 2.34. The number of amides is 1. The van der Waals surface area contributed by atoms with Gasteiger partial charge in [-0.2, -0.15) is 0 Å². The van der Waals surface area contributed by atoms with Crippen LogP contribution in [-0.2, 0) is 4.79 Å². The van der Waals surface area contributed by atoms with Crippen LogP contribution in [0.3, 0.4) is 0 Å². The van der Waals surface area contributed by atoms with Crippen LogP contribution in [0.25, 0.3) is 6.08 Å². The third kappa shape index (κ3) is 4.42. The van der Waals surface area contributed by atoms with Crippen molar-refractivity contribution >= 4 is 51.9 Å². The highest BCUT2D eigenvalue weighted by Crippen LogP contribution is 2.37. The van der Waals surface area contributed by atoms with E-state index in [-0.39, 0.29) is 5.91 Å². The summed E-state index contributed by atoms with van der Waals surface area (Å²) in [5.41, 5.74) is 2.39. The van der Waals surface area contributed by atoms with E-state index >= 15 is 0 Å². The molecule has 3 aromatic rings. The minimum absolute atomic E-state index is 0.120. The van der Waals surface area contributed by atoms with Crippen LogP contribution in [-0.4, -0.2) is 17.7 Å². The molecule has 0 unspecified atom stereocenters. The molecule has 0 saturated carbocycles. The molecule has 3 aromatic carbocycles. The van der Waals surface area contributed by atoms with E-state index in [0.29, 0.717) is 27.5 Å². The van der Waals surface area contributed by atoms with Crippen LogP contribution in [0, 0.1) is 0 Å². The third-order valence-corrected chi connectivity index (χ3v) is 5.62. The number of hydrogen-bond acceptors (Lipinski definition) is 4. The molecule has 4 rings (SSSR count). The van der Waals surface area contributed by atoms with Crippen LogP contribution in [0.1, 0.15) is 12.5 Å². The average molecular weight is 435 g/mol. The molecule has 1 aliphatic heterocycles. The quantitative estimate of drug-likeness (QED) is 0.427. The van der Waals surface area contributed by atoms with Crippen LogP contribution in [0.2, 0.25) is 5.02 Å². The first-order valence-electron chi connectivity index (χ1n) is 9.51. The van der Waals surface area contributed by atoms with E-state index in [4.69, 9.17) is 21.3 Å². The summed E-state index contributed by atoms with van der Waals surface area (Å²) in [4.78, 5) is 20.2. The lowest BCUT2D eigenvalue weighted by Gasteiger charge is -2.15. The molecule has 6 heteroatoms. The van der Waals surface area contributed by atoms with Gasteiger partial charge in [0.05, 0.1) is 27.9 Å². The number of halogens is 1. The summed E-state index contributed by atoms with van der Waals surface area (Å²) in [5, 5.41) is 1.13. The van der Waals surface area contributed by atoms with Crippen molar-refractivity contribution in [3.63, 3.8) is 0 Å². The van der Waals surface area contributed by atoms with E-state index in [0.717, 1.165) is 16.9 Å². The normalized spacial score (nSPS) is 16.5. The Balaban J connectivity index is 1.72. The first-order chi connectivity index (χ1) is 14.7. The zero-order valence-corrected chi connectivity index (χ0v) is 17.9. The maximum atomic E-state index is 13.3. The first-order valence-corrected chi connectivity index (χ1v) is 10.7. The second-order valence-corrected chi connectivity index (χ2v) is 7.86. The van der Waals surface area contributed by atoms with Gasteiger partial charge in [-0.3, -0.25) is 9.69 Å². The van der Waals surface area contributed by atoms with E-state index in [2.05, 4.69) is 0 Å². The van der Waals surface area contributed by atoms with Gasteiger partial charge in [0.1, 0.15) is 5.75 Å². The standard InChI is InChI=1S/C24H19ClN2O2S/c1-2-29-21-14-13-17(15-20(21)25)16-22-23(28)27(19-11-7-4-8-12-19)24(30-22)26-18-9-5-3-6-10-18/h3-16H,2H2,1H3/b22-16-,26-24?. The maximum absolute atomic E-state index is 13.3. The summed E-state index contributed by atoms with van der Waals surface area (Å²) in [5.74, 6) is 0.509. The Morgan fingerprint density at radius 3 is 2.40 bits per heavy atom.